The van der Waals surface area contributed by atoms with Gasteiger partial charge in [-0.05, 0) is 18.6 Å². The van der Waals surface area contributed by atoms with E-state index >= 15 is 0 Å². The lowest BCUT2D eigenvalue weighted by molar-refractivity contribution is -0.142. The van der Waals surface area contributed by atoms with Crippen LogP contribution in [0.2, 0.25) is 0 Å². The van der Waals surface area contributed by atoms with Crippen molar-refractivity contribution in [1.82, 2.24) is 0 Å². The summed E-state index contributed by atoms with van der Waals surface area (Å²) in [7, 11) is 0. The van der Waals surface area contributed by atoms with Gasteiger partial charge in [0, 0.05) is 6.61 Å². The van der Waals surface area contributed by atoms with E-state index in [1.165, 1.54) is 51.4 Å². The first-order valence-corrected chi connectivity index (χ1v) is 10.5. The zero-order chi connectivity index (χ0) is 19.1. The monoisotopic (exact) mass is 394 g/mol. The van der Waals surface area contributed by atoms with E-state index in [2.05, 4.69) is 12.6 Å². The molecule has 26 heavy (non-hydrogen) atoms. The van der Waals surface area contributed by atoms with E-state index in [-0.39, 0.29) is 13.2 Å². The average molecular weight is 395 g/mol. The largest absolute Gasteiger partial charge is 0.480 e. The van der Waals surface area contributed by atoms with Crippen molar-refractivity contribution < 1.29 is 28.8 Å². The highest BCUT2D eigenvalue weighted by atomic mass is 32.1. The summed E-state index contributed by atoms with van der Waals surface area (Å²) in [6.07, 6.45) is 11.7. The first-order chi connectivity index (χ1) is 12.8. The second-order valence-corrected chi connectivity index (χ2v) is 6.64. The molecule has 0 spiro atoms. The van der Waals surface area contributed by atoms with Crippen molar-refractivity contribution in [2.24, 2.45) is 0 Å². The van der Waals surface area contributed by atoms with Crippen LogP contribution in [0.25, 0.3) is 0 Å². The summed E-state index contributed by atoms with van der Waals surface area (Å²) in [6.45, 7) is 3.37. The number of carbonyl (C=O) groups is 1. The number of ether oxygens (including phenoxy) is 4. The molecule has 0 rings (SSSR count). The minimum atomic E-state index is -0.969. The van der Waals surface area contributed by atoms with Gasteiger partial charge in [-0.2, -0.15) is 12.6 Å². The van der Waals surface area contributed by atoms with Crippen molar-refractivity contribution in [3.8, 4) is 0 Å². The molecule has 6 nitrogen and oxygen atoms in total. The molecule has 0 radical (unpaired) electrons. The molecule has 1 N–H and O–H groups in total. The molecule has 0 aromatic rings. The van der Waals surface area contributed by atoms with Crippen LogP contribution in [0.3, 0.4) is 0 Å². The number of carboxylic acids is 1. The second-order valence-electron chi connectivity index (χ2n) is 6.19. The predicted octanol–water partition coefficient (Wildman–Crippen LogP) is 3.58. The second kappa shape index (κ2) is 22.7. The van der Waals surface area contributed by atoms with E-state index < -0.39 is 5.97 Å². The molecule has 0 bridgehead atoms. The SMILES string of the molecule is O=C(O)COCCOCCOCCOCCCCCCCCCCCS. The first kappa shape index (κ1) is 25.7. The predicted molar refractivity (Wildman–Crippen MR) is 106 cm³/mol. The van der Waals surface area contributed by atoms with E-state index in [4.69, 9.17) is 24.1 Å². The Hall–Kier alpha value is -0.340. The van der Waals surface area contributed by atoms with Gasteiger partial charge in [0.15, 0.2) is 0 Å². The lowest BCUT2D eigenvalue weighted by Gasteiger charge is -2.07. The number of hydrogen-bond acceptors (Lipinski definition) is 6. The molecule has 0 heterocycles. The van der Waals surface area contributed by atoms with Crippen LogP contribution in [0.5, 0.6) is 0 Å². The molecular formula is C19H38O6S. The van der Waals surface area contributed by atoms with Gasteiger partial charge in [-0.1, -0.05) is 44.9 Å². The Morgan fingerprint density at radius 3 is 1.42 bits per heavy atom. The number of hydrogen-bond donors (Lipinski definition) is 2. The van der Waals surface area contributed by atoms with Crippen LogP contribution in [0.4, 0.5) is 0 Å². The minimum absolute atomic E-state index is 0.283. The summed E-state index contributed by atoms with van der Waals surface area (Å²) >= 11 is 4.22. The van der Waals surface area contributed by atoms with E-state index in [0.29, 0.717) is 33.0 Å². The summed E-state index contributed by atoms with van der Waals surface area (Å²) < 4.78 is 21.0. The van der Waals surface area contributed by atoms with Gasteiger partial charge in [0.1, 0.15) is 6.61 Å². The summed E-state index contributed by atoms with van der Waals surface area (Å²) in [4.78, 5) is 10.2. The van der Waals surface area contributed by atoms with Gasteiger partial charge in [-0.15, -0.1) is 0 Å². The summed E-state index contributed by atoms with van der Waals surface area (Å²) in [6, 6.07) is 0. The molecule has 0 saturated heterocycles. The molecule has 0 atom stereocenters. The molecule has 0 amide bonds. The fourth-order valence-corrected chi connectivity index (χ4v) is 2.60. The van der Waals surface area contributed by atoms with Gasteiger partial charge in [-0.25, -0.2) is 4.79 Å². The van der Waals surface area contributed by atoms with Crippen molar-refractivity contribution in [3.05, 3.63) is 0 Å². The van der Waals surface area contributed by atoms with E-state index in [9.17, 15) is 4.79 Å². The third-order valence-electron chi connectivity index (χ3n) is 3.79. The van der Waals surface area contributed by atoms with E-state index in [1.54, 1.807) is 0 Å². The maximum absolute atomic E-state index is 10.2. The highest BCUT2D eigenvalue weighted by Crippen LogP contribution is 2.09. The van der Waals surface area contributed by atoms with Gasteiger partial charge >= 0.3 is 5.97 Å². The van der Waals surface area contributed by atoms with E-state index in [0.717, 1.165) is 18.8 Å². The molecule has 0 aliphatic heterocycles. The van der Waals surface area contributed by atoms with Crippen molar-refractivity contribution in [2.45, 2.75) is 57.8 Å². The van der Waals surface area contributed by atoms with Crippen molar-refractivity contribution in [1.29, 1.82) is 0 Å². The topological polar surface area (TPSA) is 74.2 Å². The van der Waals surface area contributed by atoms with Gasteiger partial charge in [-0.3, -0.25) is 0 Å². The fraction of sp³-hybridized carbons (Fsp3) is 0.947. The Morgan fingerprint density at radius 2 is 0.962 bits per heavy atom. The van der Waals surface area contributed by atoms with Crippen molar-refractivity contribution in [3.63, 3.8) is 0 Å². The van der Waals surface area contributed by atoms with Gasteiger partial charge in [0.2, 0.25) is 0 Å². The fourth-order valence-electron chi connectivity index (χ4n) is 2.37. The van der Waals surface area contributed by atoms with Crippen LogP contribution < -0.4 is 0 Å². The van der Waals surface area contributed by atoms with Crippen LogP contribution in [0, 0.1) is 0 Å². The standard InChI is InChI=1S/C19H38O6S/c20-19(21)18-25-16-15-24-14-13-23-12-11-22-10-8-6-4-2-1-3-5-7-9-17-26/h26H,1-18H2,(H,20,21). The molecule has 0 aromatic heterocycles. The Morgan fingerprint density at radius 1 is 0.577 bits per heavy atom. The lowest BCUT2D eigenvalue weighted by atomic mass is 10.1. The molecule has 0 fully saturated rings. The molecule has 0 aromatic carbocycles. The molecule has 0 unspecified atom stereocenters. The highest BCUT2D eigenvalue weighted by Gasteiger charge is 1.96. The van der Waals surface area contributed by atoms with Gasteiger partial charge in [0.25, 0.3) is 0 Å². The van der Waals surface area contributed by atoms with Crippen LogP contribution in [-0.2, 0) is 23.7 Å². The lowest BCUT2D eigenvalue weighted by Crippen LogP contribution is -2.14. The van der Waals surface area contributed by atoms with Crippen LogP contribution in [0.1, 0.15) is 57.8 Å². The zero-order valence-electron chi connectivity index (χ0n) is 16.2. The molecule has 0 aliphatic rings. The molecular weight excluding hydrogens is 356 g/mol. The number of carboxylic acid groups (broad SMARTS) is 1. The summed E-state index contributed by atoms with van der Waals surface area (Å²) in [5.74, 6) is 0.0496. The Bertz CT molecular complexity index is 291. The normalized spacial score (nSPS) is 11.1. The summed E-state index contributed by atoms with van der Waals surface area (Å²) in [5, 5.41) is 8.37. The number of unbranched alkanes of at least 4 members (excludes halogenated alkanes) is 8. The van der Waals surface area contributed by atoms with Crippen LogP contribution in [0.15, 0.2) is 0 Å². The number of thiol groups is 1. The van der Waals surface area contributed by atoms with Crippen molar-refractivity contribution >= 4 is 18.6 Å². The van der Waals surface area contributed by atoms with Crippen LogP contribution >= 0.6 is 12.6 Å². The maximum atomic E-state index is 10.2. The molecule has 0 saturated carbocycles. The zero-order valence-corrected chi connectivity index (χ0v) is 17.1. The molecule has 7 heteroatoms. The van der Waals surface area contributed by atoms with Crippen LogP contribution in [-0.4, -0.2) is 69.7 Å². The van der Waals surface area contributed by atoms with Gasteiger partial charge in [0.05, 0.1) is 39.6 Å². The van der Waals surface area contributed by atoms with Crippen molar-refractivity contribution in [2.75, 3.05) is 58.6 Å². The quantitative estimate of drug-likeness (QED) is 0.216. The smallest absolute Gasteiger partial charge is 0.329 e. The third-order valence-corrected chi connectivity index (χ3v) is 4.10. The average Bonchev–Trinajstić information content (AvgIpc) is 2.62. The first-order valence-electron chi connectivity index (χ1n) is 9.91. The highest BCUT2D eigenvalue weighted by molar-refractivity contribution is 7.80. The Labute approximate surface area is 164 Å². The Balaban J connectivity index is 2.98. The maximum Gasteiger partial charge on any atom is 0.329 e. The third kappa shape index (κ3) is 23.7. The van der Waals surface area contributed by atoms with E-state index in [1.807, 2.05) is 0 Å². The molecule has 156 valence electrons. The minimum Gasteiger partial charge on any atom is -0.480 e. The molecule has 0 aliphatic carbocycles. The number of aliphatic carboxylic acids is 1. The van der Waals surface area contributed by atoms with Gasteiger partial charge < -0.3 is 24.1 Å². The Kier molecular flexibility index (Phi) is 22.4. The number of rotatable bonds is 22. The summed E-state index contributed by atoms with van der Waals surface area (Å²) in [5.41, 5.74) is 0.